The van der Waals surface area contributed by atoms with Gasteiger partial charge in [-0.25, -0.2) is 4.39 Å². The van der Waals surface area contributed by atoms with Gasteiger partial charge in [-0.1, -0.05) is 12.1 Å². The number of hydrogen-bond donors (Lipinski definition) is 1. The predicted molar refractivity (Wildman–Crippen MR) is 121 cm³/mol. The zero-order chi connectivity index (χ0) is 24.1. The smallest absolute Gasteiger partial charge is 0.278 e. The van der Waals surface area contributed by atoms with Gasteiger partial charge in [-0.3, -0.25) is 14.5 Å². The molecule has 1 N–H and O–H groups in total. The molecule has 0 spiro atoms. The number of carbonyl (C=O) groups excluding carboxylic acids is 2. The fraction of sp³-hybridized carbons (Fsp3) is 0.333. The Morgan fingerprint density at radius 1 is 0.939 bits per heavy atom. The topological polar surface area (TPSA) is 86.3 Å². The Morgan fingerprint density at radius 2 is 1.55 bits per heavy atom. The van der Waals surface area contributed by atoms with Crippen LogP contribution in [0.25, 0.3) is 5.57 Å². The van der Waals surface area contributed by atoms with Gasteiger partial charge in [0.05, 0.1) is 46.2 Å². The minimum atomic E-state index is -0.513. The standard InChI is InChI=1S/C24H27FN2O6/c1-14(2)33-11-10-27-23(28)20(15-6-8-16(25)9-7-15)21(24(27)29)26-17-12-18(30-3)22(32-5)19(13-17)31-4/h6-9,12-14,26H,10-11H2,1-5H3. The Kier molecular flexibility index (Phi) is 7.55. The summed E-state index contributed by atoms with van der Waals surface area (Å²) in [5.74, 6) is -0.309. The lowest BCUT2D eigenvalue weighted by molar-refractivity contribution is -0.137. The van der Waals surface area contributed by atoms with E-state index in [9.17, 15) is 14.0 Å². The lowest BCUT2D eigenvalue weighted by Crippen LogP contribution is -2.35. The van der Waals surface area contributed by atoms with Crippen LogP contribution >= 0.6 is 0 Å². The molecule has 0 bridgehead atoms. The number of carbonyl (C=O) groups is 2. The maximum absolute atomic E-state index is 13.5. The Labute approximate surface area is 191 Å². The third kappa shape index (κ3) is 5.09. The lowest BCUT2D eigenvalue weighted by atomic mass is 10.0. The number of ether oxygens (including phenoxy) is 4. The normalized spacial score (nSPS) is 13.7. The number of anilines is 1. The molecule has 33 heavy (non-hydrogen) atoms. The number of halogens is 1. The van der Waals surface area contributed by atoms with E-state index in [1.165, 1.54) is 45.6 Å². The second kappa shape index (κ2) is 10.4. The van der Waals surface area contributed by atoms with Gasteiger partial charge in [0.15, 0.2) is 11.5 Å². The third-order valence-corrected chi connectivity index (χ3v) is 5.00. The number of rotatable bonds is 10. The van der Waals surface area contributed by atoms with Crippen LogP contribution in [0.3, 0.4) is 0 Å². The summed E-state index contributed by atoms with van der Waals surface area (Å²) in [4.78, 5) is 27.6. The van der Waals surface area contributed by atoms with Crippen molar-refractivity contribution in [3.8, 4) is 17.2 Å². The minimum Gasteiger partial charge on any atom is -0.493 e. The maximum atomic E-state index is 13.5. The predicted octanol–water partition coefficient (Wildman–Crippen LogP) is 3.47. The summed E-state index contributed by atoms with van der Waals surface area (Å²) in [6.45, 7) is 4.02. The second-order valence-corrected chi connectivity index (χ2v) is 7.48. The summed E-state index contributed by atoms with van der Waals surface area (Å²) >= 11 is 0. The molecular formula is C24H27FN2O6. The Bertz CT molecular complexity index is 1040. The zero-order valence-corrected chi connectivity index (χ0v) is 19.2. The Balaban J connectivity index is 2.03. The van der Waals surface area contributed by atoms with E-state index >= 15 is 0 Å². The number of benzene rings is 2. The van der Waals surface area contributed by atoms with Gasteiger partial charge in [-0.15, -0.1) is 0 Å². The van der Waals surface area contributed by atoms with Crippen LogP contribution in [0.4, 0.5) is 10.1 Å². The average Bonchev–Trinajstić information content (AvgIpc) is 3.02. The molecule has 0 atom stereocenters. The van der Waals surface area contributed by atoms with E-state index in [-0.39, 0.29) is 30.5 Å². The lowest BCUT2D eigenvalue weighted by Gasteiger charge is -2.17. The van der Waals surface area contributed by atoms with Crippen molar-refractivity contribution in [2.24, 2.45) is 0 Å². The molecule has 0 unspecified atom stereocenters. The molecular weight excluding hydrogens is 431 g/mol. The molecule has 2 aromatic rings. The fourth-order valence-electron chi connectivity index (χ4n) is 3.46. The van der Waals surface area contributed by atoms with E-state index in [0.29, 0.717) is 28.5 Å². The van der Waals surface area contributed by atoms with Crippen LogP contribution in [-0.2, 0) is 14.3 Å². The van der Waals surface area contributed by atoms with Gasteiger partial charge in [-0.2, -0.15) is 0 Å². The number of nitrogens with one attached hydrogen (secondary N) is 1. The van der Waals surface area contributed by atoms with Gasteiger partial charge >= 0.3 is 0 Å². The molecule has 0 radical (unpaired) electrons. The van der Waals surface area contributed by atoms with Gasteiger partial charge in [-0.05, 0) is 31.5 Å². The fourth-order valence-corrected chi connectivity index (χ4v) is 3.46. The minimum absolute atomic E-state index is 0.0424. The number of hydrogen-bond acceptors (Lipinski definition) is 7. The molecule has 9 heteroatoms. The van der Waals surface area contributed by atoms with Crippen LogP contribution in [0.5, 0.6) is 17.2 Å². The quantitative estimate of drug-likeness (QED) is 0.546. The highest BCUT2D eigenvalue weighted by molar-refractivity contribution is 6.36. The van der Waals surface area contributed by atoms with Crippen LogP contribution in [-0.4, -0.2) is 57.3 Å². The summed E-state index contributed by atoms with van der Waals surface area (Å²) in [7, 11) is 4.44. The summed E-state index contributed by atoms with van der Waals surface area (Å²) in [5.41, 5.74) is 1.06. The van der Waals surface area contributed by atoms with Crippen molar-refractivity contribution in [3.05, 3.63) is 53.5 Å². The first-order chi connectivity index (χ1) is 15.8. The van der Waals surface area contributed by atoms with Gasteiger partial charge in [0.25, 0.3) is 11.8 Å². The van der Waals surface area contributed by atoms with Crippen molar-refractivity contribution in [2.45, 2.75) is 20.0 Å². The van der Waals surface area contributed by atoms with E-state index < -0.39 is 17.6 Å². The molecule has 0 fully saturated rings. The summed E-state index contributed by atoms with van der Waals surface area (Å²) in [6.07, 6.45) is -0.0424. The highest BCUT2D eigenvalue weighted by atomic mass is 19.1. The summed E-state index contributed by atoms with van der Waals surface area (Å²) < 4.78 is 35.1. The van der Waals surface area contributed by atoms with Crippen LogP contribution in [0.15, 0.2) is 42.1 Å². The van der Waals surface area contributed by atoms with E-state index in [4.69, 9.17) is 18.9 Å². The van der Waals surface area contributed by atoms with E-state index in [1.54, 1.807) is 12.1 Å². The molecule has 3 rings (SSSR count). The van der Waals surface area contributed by atoms with Crippen LogP contribution in [0.1, 0.15) is 19.4 Å². The maximum Gasteiger partial charge on any atom is 0.278 e. The van der Waals surface area contributed by atoms with E-state index in [1.807, 2.05) is 13.8 Å². The molecule has 2 amide bonds. The number of nitrogens with zero attached hydrogens (tertiary/aromatic N) is 1. The molecule has 176 valence electrons. The first-order valence-electron chi connectivity index (χ1n) is 10.4. The van der Waals surface area contributed by atoms with Gasteiger partial charge in [0.2, 0.25) is 5.75 Å². The SMILES string of the molecule is COc1cc(NC2=C(c3ccc(F)cc3)C(=O)N(CCOC(C)C)C2=O)cc(OC)c1OC. The molecule has 1 aliphatic heterocycles. The molecule has 0 saturated heterocycles. The highest BCUT2D eigenvalue weighted by Gasteiger charge is 2.39. The Hall–Kier alpha value is -3.59. The van der Waals surface area contributed by atoms with Gasteiger partial charge in [0, 0.05) is 17.8 Å². The summed E-state index contributed by atoms with van der Waals surface area (Å²) in [5, 5.41) is 3.03. The highest BCUT2D eigenvalue weighted by Crippen LogP contribution is 2.41. The average molecular weight is 458 g/mol. The molecule has 0 saturated carbocycles. The Morgan fingerprint density at radius 3 is 2.06 bits per heavy atom. The number of imide groups is 1. The van der Waals surface area contributed by atoms with Crippen molar-refractivity contribution >= 4 is 23.1 Å². The largest absolute Gasteiger partial charge is 0.493 e. The van der Waals surface area contributed by atoms with Crippen LogP contribution in [0.2, 0.25) is 0 Å². The number of methoxy groups -OCH3 is 3. The molecule has 2 aromatic carbocycles. The van der Waals surface area contributed by atoms with Gasteiger partial charge < -0.3 is 24.3 Å². The van der Waals surface area contributed by atoms with E-state index in [0.717, 1.165) is 4.90 Å². The second-order valence-electron chi connectivity index (χ2n) is 7.48. The molecule has 8 nitrogen and oxygen atoms in total. The molecule has 0 aliphatic carbocycles. The zero-order valence-electron chi connectivity index (χ0n) is 19.2. The summed E-state index contributed by atoms with van der Waals surface area (Å²) in [6, 6.07) is 8.64. The van der Waals surface area contributed by atoms with Crippen molar-refractivity contribution in [1.29, 1.82) is 0 Å². The number of amides is 2. The third-order valence-electron chi connectivity index (χ3n) is 5.00. The van der Waals surface area contributed by atoms with Crippen molar-refractivity contribution in [2.75, 3.05) is 39.8 Å². The van der Waals surface area contributed by atoms with E-state index in [2.05, 4.69) is 5.32 Å². The van der Waals surface area contributed by atoms with Crippen molar-refractivity contribution in [1.82, 2.24) is 4.90 Å². The molecule has 1 aliphatic rings. The van der Waals surface area contributed by atoms with Crippen molar-refractivity contribution in [3.63, 3.8) is 0 Å². The molecule has 1 heterocycles. The van der Waals surface area contributed by atoms with Crippen LogP contribution < -0.4 is 19.5 Å². The van der Waals surface area contributed by atoms with Gasteiger partial charge in [0.1, 0.15) is 11.5 Å². The monoisotopic (exact) mass is 458 g/mol. The first-order valence-corrected chi connectivity index (χ1v) is 10.4. The van der Waals surface area contributed by atoms with Crippen molar-refractivity contribution < 1.29 is 32.9 Å². The first kappa shape index (κ1) is 24.1. The van der Waals surface area contributed by atoms with Crippen LogP contribution in [0, 0.1) is 5.82 Å². The molecule has 0 aromatic heterocycles.